The number of ether oxygens (including phenoxy) is 4. The van der Waals surface area contributed by atoms with E-state index in [1.807, 2.05) is 30.5 Å². The number of fused-ring (bicyclic) bond motifs is 6. The Balaban J connectivity index is 0.786. The van der Waals surface area contributed by atoms with Gasteiger partial charge in [-0.25, -0.2) is 13.1 Å². The fraction of sp³-hybridized carbons (Fsp3) is 0.491. The number of anilines is 4. The molecule has 1 spiro atoms. The number of nitrogens with one attached hydrogen (secondary N) is 3. The summed E-state index contributed by atoms with van der Waals surface area (Å²) < 4.78 is 55.5. The van der Waals surface area contributed by atoms with Gasteiger partial charge in [-0.3, -0.25) is 24.7 Å². The van der Waals surface area contributed by atoms with Crippen molar-refractivity contribution >= 4 is 61.0 Å². The number of carbonyl (C=O) groups excluding carboxylic acids is 1. The third-order valence-corrected chi connectivity index (χ3v) is 18.8. The molecule has 1 amide bonds. The smallest absolute Gasteiger partial charge is 0.297 e. The summed E-state index contributed by atoms with van der Waals surface area (Å²) in [6.45, 7) is 12.8. The second-order valence-corrected chi connectivity index (χ2v) is 23.8. The largest absolute Gasteiger partial charge is 0.489 e. The Labute approximate surface area is 430 Å². The maximum absolute atomic E-state index is 14.8. The SMILES string of the molecule is C=C(C)c1ccccc1[C@@H]1CCCN1C1CC2(CCN(c3ccc(C(=O)NS(=O)(=O)c4cc5c(c([N+](=O)[O-])c4)N[C@H](CN4C[C@@H]6C[C@H]4CO6)CO5)c(N4C[C@@H]5CCOC[C@@H]5Oc5nc6[nH]ccc6cc54)c3)CC2)C1. The number of rotatable bonds is 11. The molecule has 9 heterocycles. The average molecular weight is 1030 g/mol. The minimum Gasteiger partial charge on any atom is -0.489 e. The van der Waals surface area contributed by atoms with E-state index in [1.54, 1.807) is 6.07 Å². The number of nitrogens with zero attached hydrogens (tertiary/aromatic N) is 6. The number of aromatic amines is 1. The number of pyridine rings is 1. The number of piperidine rings is 1. The van der Waals surface area contributed by atoms with Crippen LogP contribution in [-0.4, -0.2) is 135 Å². The summed E-state index contributed by atoms with van der Waals surface area (Å²) in [5.74, 6) is -0.482. The first kappa shape index (κ1) is 47.5. The zero-order valence-corrected chi connectivity index (χ0v) is 42.5. The quantitative estimate of drug-likeness (QED) is 0.0856. The number of hydrogen-bond donors (Lipinski definition) is 3. The number of aromatic nitrogens is 2. The van der Waals surface area contributed by atoms with Gasteiger partial charge in [0.2, 0.25) is 5.88 Å². The molecule has 2 bridgehead atoms. The molecule has 2 aromatic heterocycles. The van der Waals surface area contributed by atoms with Crippen molar-refractivity contribution < 1.29 is 37.1 Å². The lowest BCUT2D eigenvalue weighted by atomic mass is 9.59. The van der Waals surface area contributed by atoms with Crippen LogP contribution in [0.3, 0.4) is 0 Å². The molecule has 1 saturated carbocycles. The predicted molar refractivity (Wildman–Crippen MR) is 280 cm³/mol. The molecule has 6 fully saturated rings. The Kier molecular flexibility index (Phi) is 11.9. The molecule has 5 aromatic rings. The first-order valence-electron chi connectivity index (χ1n) is 26.4. The summed E-state index contributed by atoms with van der Waals surface area (Å²) in [4.78, 5) is 44.0. The molecule has 3 aromatic carbocycles. The molecule has 0 radical (unpaired) electrons. The molecule has 8 aliphatic rings. The van der Waals surface area contributed by atoms with Crippen LogP contribution in [0, 0.1) is 21.4 Å². The van der Waals surface area contributed by atoms with Gasteiger partial charge >= 0.3 is 0 Å². The third kappa shape index (κ3) is 8.53. The van der Waals surface area contributed by atoms with Crippen molar-refractivity contribution in [2.75, 3.05) is 80.8 Å². The van der Waals surface area contributed by atoms with Gasteiger partial charge in [-0.1, -0.05) is 36.4 Å². The lowest BCUT2D eigenvalue weighted by Crippen LogP contribution is -2.55. The Morgan fingerprint density at radius 1 is 0.973 bits per heavy atom. The maximum atomic E-state index is 14.8. The van der Waals surface area contributed by atoms with E-state index in [1.165, 1.54) is 42.9 Å². The molecule has 5 saturated heterocycles. The molecule has 18 nitrogen and oxygen atoms in total. The van der Waals surface area contributed by atoms with Gasteiger partial charge in [-0.05, 0) is 112 Å². The molecule has 19 heteroatoms. The number of likely N-dealkylation sites (tertiary alicyclic amines) is 2. The highest BCUT2D eigenvalue weighted by atomic mass is 32.2. The minimum atomic E-state index is -4.69. The van der Waals surface area contributed by atoms with Crippen LogP contribution in [0.5, 0.6) is 11.6 Å². The number of nitro groups is 1. The van der Waals surface area contributed by atoms with Crippen molar-refractivity contribution in [1.29, 1.82) is 0 Å². The number of allylic oxidation sites excluding steroid dienone is 1. The van der Waals surface area contributed by atoms with Gasteiger partial charge in [0.1, 0.15) is 24.0 Å². The number of sulfonamides is 1. The average Bonchev–Trinajstić information content (AvgIpc) is 4.23. The maximum Gasteiger partial charge on any atom is 0.297 e. The van der Waals surface area contributed by atoms with Crippen molar-refractivity contribution in [3.63, 3.8) is 0 Å². The molecule has 3 N–H and O–H groups in total. The first-order chi connectivity index (χ1) is 35.8. The Hall–Kier alpha value is -6.25. The number of carbonyl (C=O) groups is 1. The van der Waals surface area contributed by atoms with Crippen molar-refractivity contribution in [3.05, 3.63) is 106 Å². The Bertz CT molecular complexity index is 3170. The van der Waals surface area contributed by atoms with Gasteiger partial charge in [0.25, 0.3) is 21.6 Å². The van der Waals surface area contributed by atoms with Gasteiger partial charge in [0.05, 0.1) is 46.4 Å². The normalized spacial score (nSPS) is 26.6. The van der Waals surface area contributed by atoms with E-state index in [-0.39, 0.29) is 53.2 Å². The Morgan fingerprint density at radius 2 is 1.82 bits per heavy atom. The number of nitro benzene ring substituents is 1. The minimum absolute atomic E-state index is 0.00535. The number of hydrogen-bond acceptors (Lipinski definition) is 15. The molecule has 6 atom stereocenters. The van der Waals surface area contributed by atoms with E-state index in [4.69, 9.17) is 23.9 Å². The van der Waals surface area contributed by atoms with Crippen molar-refractivity contribution in [1.82, 2.24) is 24.5 Å². The lowest BCUT2D eigenvalue weighted by molar-refractivity contribution is -0.384. The molecule has 7 aliphatic heterocycles. The molecule has 0 unspecified atom stereocenters. The van der Waals surface area contributed by atoms with Crippen LogP contribution >= 0.6 is 0 Å². The fourth-order valence-corrected chi connectivity index (χ4v) is 14.6. The predicted octanol–water partition coefficient (Wildman–Crippen LogP) is 7.79. The van der Waals surface area contributed by atoms with Crippen LogP contribution in [0.4, 0.5) is 28.4 Å². The second-order valence-electron chi connectivity index (χ2n) is 22.1. The van der Waals surface area contributed by atoms with E-state index in [9.17, 15) is 23.3 Å². The monoisotopic (exact) mass is 1030 g/mol. The van der Waals surface area contributed by atoms with E-state index >= 15 is 0 Å². The summed E-state index contributed by atoms with van der Waals surface area (Å²) in [6, 6.07) is 21.5. The molecule has 74 heavy (non-hydrogen) atoms. The summed E-state index contributed by atoms with van der Waals surface area (Å²) in [5, 5.41) is 16.7. The summed E-state index contributed by atoms with van der Waals surface area (Å²) in [7, 11) is -4.69. The molecule has 388 valence electrons. The number of amides is 1. The number of H-pyrrole nitrogens is 1. The van der Waals surface area contributed by atoms with Gasteiger partial charge in [0.15, 0.2) is 11.4 Å². The van der Waals surface area contributed by atoms with Crippen molar-refractivity contribution in [2.24, 2.45) is 11.3 Å². The zero-order chi connectivity index (χ0) is 50.5. The lowest BCUT2D eigenvalue weighted by Gasteiger charge is -2.56. The topological polar surface area (TPSA) is 197 Å². The third-order valence-electron chi connectivity index (χ3n) is 17.5. The van der Waals surface area contributed by atoms with Gasteiger partial charge < -0.3 is 39.0 Å². The zero-order valence-electron chi connectivity index (χ0n) is 41.7. The van der Waals surface area contributed by atoms with Crippen LogP contribution in [0.2, 0.25) is 0 Å². The fourth-order valence-electron chi connectivity index (χ4n) is 13.6. The van der Waals surface area contributed by atoms with Crippen LogP contribution in [0.15, 0.2) is 84.4 Å². The highest BCUT2D eigenvalue weighted by Crippen LogP contribution is 2.55. The van der Waals surface area contributed by atoms with Crippen LogP contribution in [-0.2, 0) is 19.5 Å². The van der Waals surface area contributed by atoms with Crippen molar-refractivity contribution in [3.8, 4) is 11.6 Å². The van der Waals surface area contributed by atoms with Crippen LogP contribution in [0.1, 0.15) is 85.8 Å². The van der Waals surface area contributed by atoms with E-state index in [0.717, 1.165) is 68.2 Å². The van der Waals surface area contributed by atoms with Gasteiger partial charge in [-0.15, -0.1) is 0 Å². The first-order valence-corrected chi connectivity index (χ1v) is 27.9. The summed E-state index contributed by atoms with van der Waals surface area (Å²) >= 11 is 0. The Morgan fingerprint density at radius 3 is 2.62 bits per heavy atom. The van der Waals surface area contributed by atoms with E-state index in [2.05, 4.69) is 72.4 Å². The highest BCUT2D eigenvalue weighted by Gasteiger charge is 2.50. The van der Waals surface area contributed by atoms with Gasteiger partial charge in [-0.2, -0.15) is 4.98 Å². The van der Waals surface area contributed by atoms with Crippen LogP contribution in [0.25, 0.3) is 16.6 Å². The van der Waals surface area contributed by atoms with E-state index < -0.39 is 31.4 Å². The van der Waals surface area contributed by atoms with E-state index in [0.29, 0.717) is 80.4 Å². The van der Waals surface area contributed by atoms with Crippen LogP contribution < -0.4 is 29.3 Å². The summed E-state index contributed by atoms with van der Waals surface area (Å²) in [5.41, 5.74) is 6.52. The number of morpholine rings is 1. The molecule has 1 aliphatic carbocycles. The number of benzene rings is 3. The molecule has 13 rings (SSSR count). The summed E-state index contributed by atoms with van der Waals surface area (Å²) in [6.07, 6.45) is 10.2. The standard InChI is InChI=1S/C55H63N9O9S/c1-33(2)42-6-3-4-7-43(42)45-8-5-16-62(45)39-25-55(26-39)13-17-60(18-14-55)37-9-10-44(46(22-37)63-27-35-12-19-70-32-50(35)73-54-48(63)20-34-11-15-56-52(34)58-54)53(65)59-74(68,69)41-23-47(64(66)67)51-49(24-41)72-30-36(57-51)28-61-29-40-21-38(61)31-71-40/h3-4,6-7,9-11,15,20,22-24,35-36,38-40,45,50,57H,1,5,8,12-14,16-19,21,25-32H2,2H3,(H,56,58)(H,59,65)/t35-,36+,38-,40-,45-,50-/m0/s1. The molecular formula is C55H63N9O9S. The highest BCUT2D eigenvalue weighted by molar-refractivity contribution is 7.90. The molecular weight excluding hydrogens is 963 g/mol. The second kappa shape index (κ2) is 18.5. The van der Waals surface area contributed by atoms with Gasteiger partial charge in [0, 0.05) is 92.8 Å². The van der Waals surface area contributed by atoms with Crippen molar-refractivity contribution in [2.45, 2.75) is 99.6 Å².